The average Bonchev–Trinajstić information content (AvgIpc) is 2.22. The number of hydrogen-bond donors (Lipinski definition) is 0. The van der Waals surface area contributed by atoms with E-state index in [-0.39, 0.29) is 0 Å². The lowest BCUT2D eigenvalue weighted by Crippen LogP contribution is -2.22. The summed E-state index contributed by atoms with van der Waals surface area (Å²) in [5, 5.41) is 0. The van der Waals surface area contributed by atoms with Crippen LogP contribution in [0.3, 0.4) is 0 Å². The maximum atomic E-state index is 2.44. The molecule has 86 valence electrons. The van der Waals surface area contributed by atoms with Crippen molar-refractivity contribution in [1.82, 2.24) is 0 Å². The van der Waals surface area contributed by atoms with Crippen molar-refractivity contribution in [3.8, 4) is 0 Å². The summed E-state index contributed by atoms with van der Waals surface area (Å²) in [5.74, 6) is 3.55. The van der Waals surface area contributed by atoms with Crippen molar-refractivity contribution in [3.63, 3.8) is 0 Å². The molecular formula is C14H30. The molecule has 0 saturated heterocycles. The first-order chi connectivity index (χ1) is 6.54. The molecule has 0 aliphatic carbocycles. The second-order valence-electron chi connectivity index (χ2n) is 5.22. The Balaban J connectivity index is 3.95. The van der Waals surface area contributed by atoms with Crippen molar-refractivity contribution < 1.29 is 0 Å². The minimum Gasteiger partial charge on any atom is -0.0654 e. The van der Waals surface area contributed by atoms with Gasteiger partial charge in [0.05, 0.1) is 0 Å². The van der Waals surface area contributed by atoms with Crippen LogP contribution in [-0.4, -0.2) is 0 Å². The predicted octanol–water partition coefficient (Wildman–Crippen LogP) is 5.13. The Morgan fingerprint density at radius 1 is 0.786 bits per heavy atom. The minimum atomic E-state index is 0.881. The zero-order chi connectivity index (χ0) is 11.1. The zero-order valence-corrected chi connectivity index (χ0v) is 11.1. The third-order valence-electron chi connectivity index (χ3n) is 4.28. The van der Waals surface area contributed by atoms with E-state index >= 15 is 0 Å². The summed E-state index contributed by atoms with van der Waals surface area (Å²) in [5.41, 5.74) is 0. The monoisotopic (exact) mass is 198 g/mol. The lowest BCUT2D eigenvalue weighted by atomic mass is 9.76. The van der Waals surface area contributed by atoms with E-state index in [0.717, 1.165) is 23.7 Å². The first-order valence-corrected chi connectivity index (χ1v) is 6.54. The molecule has 4 atom stereocenters. The molecule has 0 nitrogen and oxygen atoms in total. The fraction of sp³-hybridized carbons (Fsp3) is 1.00. The standard InChI is InChI=1S/C14H30/c1-7-9-10-12(4)14(6)13(5)11(3)8-2/h11-14H,7-10H2,1-6H3. The van der Waals surface area contributed by atoms with Gasteiger partial charge in [0.1, 0.15) is 0 Å². The van der Waals surface area contributed by atoms with Crippen LogP contribution in [0.25, 0.3) is 0 Å². The Bertz CT molecular complexity index is 128. The Kier molecular flexibility index (Phi) is 7.31. The molecule has 14 heavy (non-hydrogen) atoms. The molecule has 0 radical (unpaired) electrons. The third kappa shape index (κ3) is 4.48. The van der Waals surface area contributed by atoms with Gasteiger partial charge in [-0.1, -0.05) is 67.2 Å². The van der Waals surface area contributed by atoms with Crippen LogP contribution >= 0.6 is 0 Å². The van der Waals surface area contributed by atoms with Crippen LogP contribution in [0.2, 0.25) is 0 Å². The molecule has 0 aliphatic rings. The van der Waals surface area contributed by atoms with Gasteiger partial charge in [-0.2, -0.15) is 0 Å². The molecule has 0 aromatic carbocycles. The van der Waals surface area contributed by atoms with Gasteiger partial charge in [-0.15, -0.1) is 0 Å². The number of hydrogen-bond acceptors (Lipinski definition) is 0. The summed E-state index contributed by atoms with van der Waals surface area (Å²) in [6.07, 6.45) is 5.48. The van der Waals surface area contributed by atoms with E-state index in [1.54, 1.807) is 0 Å². The largest absolute Gasteiger partial charge is 0.0654 e. The van der Waals surface area contributed by atoms with Gasteiger partial charge in [-0.25, -0.2) is 0 Å². The van der Waals surface area contributed by atoms with E-state index in [1.807, 2.05) is 0 Å². The van der Waals surface area contributed by atoms with Gasteiger partial charge < -0.3 is 0 Å². The molecular weight excluding hydrogens is 168 g/mol. The van der Waals surface area contributed by atoms with Gasteiger partial charge in [0.25, 0.3) is 0 Å². The van der Waals surface area contributed by atoms with Gasteiger partial charge in [0.2, 0.25) is 0 Å². The maximum absolute atomic E-state index is 2.44. The molecule has 0 rings (SSSR count). The van der Waals surface area contributed by atoms with E-state index < -0.39 is 0 Å². The summed E-state index contributed by atoms with van der Waals surface area (Å²) in [6.45, 7) is 14.3. The molecule has 4 unspecified atom stereocenters. The SMILES string of the molecule is CCCCC(C)C(C)C(C)C(C)CC. The van der Waals surface area contributed by atoms with Crippen LogP contribution in [-0.2, 0) is 0 Å². The van der Waals surface area contributed by atoms with Crippen LogP contribution in [0.5, 0.6) is 0 Å². The Morgan fingerprint density at radius 3 is 1.71 bits per heavy atom. The van der Waals surface area contributed by atoms with Crippen molar-refractivity contribution in [2.24, 2.45) is 23.7 Å². The second kappa shape index (κ2) is 7.31. The molecule has 0 saturated carbocycles. The molecule has 0 heteroatoms. The first-order valence-electron chi connectivity index (χ1n) is 6.54. The lowest BCUT2D eigenvalue weighted by molar-refractivity contribution is 0.199. The molecule has 0 heterocycles. The molecule has 0 aromatic heterocycles. The number of rotatable bonds is 7. The summed E-state index contributed by atoms with van der Waals surface area (Å²) < 4.78 is 0. The lowest BCUT2D eigenvalue weighted by Gasteiger charge is -2.30. The third-order valence-corrected chi connectivity index (χ3v) is 4.28. The van der Waals surface area contributed by atoms with Crippen LogP contribution in [0.1, 0.15) is 67.2 Å². The molecule has 0 N–H and O–H groups in total. The predicted molar refractivity (Wildman–Crippen MR) is 66.5 cm³/mol. The van der Waals surface area contributed by atoms with Gasteiger partial charge in [0, 0.05) is 0 Å². The Labute approximate surface area is 91.5 Å². The molecule has 0 bridgehead atoms. The topological polar surface area (TPSA) is 0 Å². The molecule has 0 fully saturated rings. The van der Waals surface area contributed by atoms with Gasteiger partial charge in [0.15, 0.2) is 0 Å². The summed E-state index contributed by atoms with van der Waals surface area (Å²) >= 11 is 0. The van der Waals surface area contributed by atoms with Crippen molar-refractivity contribution >= 4 is 0 Å². The highest BCUT2D eigenvalue weighted by Crippen LogP contribution is 2.30. The average molecular weight is 198 g/mol. The zero-order valence-electron chi connectivity index (χ0n) is 11.1. The van der Waals surface area contributed by atoms with Crippen LogP contribution in [0, 0.1) is 23.7 Å². The molecule has 0 aliphatic heterocycles. The van der Waals surface area contributed by atoms with Crippen molar-refractivity contribution in [2.75, 3.05) is 0 Å². The van der Waals surface area contributed by atoms with Gasteiger partial charge in [-0.3, -0.25) is 0 Å². The van der Waals surface area contributed by atoms with E-state index in [2.05, 4.69) is 41.5 Å². The van der Waals surface area contributed by atoms with E-state index in [1.165, 1.54) is 25.7 Å². The quantitative estimate of drug-likeness (QED) is 0.532. The van der Waals surface area contributed by atoms with Crippen molar-refractivity contribution in [2.45, 2.75) is 67.2 Å². The van der Waals surface area contributed by atoms with Crippen LogP contribution < -0.4 is 0 Å². The smallest absolute Gasteiger partial charge is 0.0389 e. The minimum absolute atomic E-state index is 0.881. The van der Waals surface area contributed by atoms with E-state index in [0.29, 0.717) is 0 Å². The first kappa shape index (κ1) is 14.0. The van der Waals surface area contributed by atoms with E-state index in [9.17, 15) is 0 Å². The highest BCUT2D eigenvalue weighted by atomic mass is 14.3. The number of unbranched alkanes of at least 4 members (excludes halogenated alkanes) is 1. The van der Waals surface area contributed by atoms with E-state index in [4.69, 9.17) is 0 Å². The Morgan fingerprint density at radius 2 is 1.29 bits per heavy atom. The van der Waals surface area contributed by atoms with Crippen molar-refractivity contribution in [1.29, 1.82) is 0 Å². The normalized spacial score (nSPS) is 20.1. The van der Waals surface area contributed by atoms with Crippen LogP contribution in [0.4, 0.5) is 0 Å². The maximum Gasteiger partial charge on any atom is -0.0389 e. The summed E-state index contributed by atoms with van der Waals surface area (Å²) in [6, 6.07) is 0. The highest BCUT2D eigenvalue weighted by molar-refractivity contribution is 4.71. The Hall–Kier alpha value is 0. The van der Waals surface area contributed by atoms with Crippen molar-refractivity contribution in [3.05, 3.63) is 0 Å². The molecule has 0 aromatic rings. The fourth-order valence-electron chi connectivity index (χ4n) is 2.20. The second-order valence-corrected chi connectivity index (χ2v) is 5.22. The van der Waals surface area contributed by atoms with Gasteiger partial charge >= 0.3 is 0 Å². The summed E-state index contributed by atoms with van der Waals surface area (Å²) in [7, 11) is 0. The fourth-order valence-corrected chi connectivity index (χ4v) is 2.20. The summed E-state index contributed by atoms with van der Waals surface area (Å²) in [4.78, 5) is 0. The highest BCUT2D eigenvalue weighted by Gasteiger charge is 2.22. The molecule has 0 amide bonds. The van der Waals surface area contributed by atoms with Gasteiger partial charge in [-0.05, 0) is 23.7 Å². The molecule has 0 spiro atoms. The van der Waals surface area contributed by atoms with Crippen LogP contribution in [0.15, 0.2) is 0 Å².